The van der Waals surface area contributed by atoms with Crippen molar-refractivity contribution in [2.45, 2.75) is 0 Å². The number of hydrogen-bond donors (Lipinski definition) is 1. The zero-order valence-electron chi connectivity index (χ0n) is 12.1. The monoisotopic (exact) mass is 347 g/mol. The molecule has 0 unspecified atom stereocenters. The Morgan fingerprint density at radius 2 is 2.04 bits per heavy atom. The summed E-state index contributed by atoms with van der Waals surface area (Å²) in [6, 6.07) is 8.66. The van der Waals surface area contributed by atoms with E-state index in [9.17, 15) is 14.9 Å². The molecule has 0 saturated heterocycles. The minimum Gasteiger partial charge on any atom is -0.454 e. The van der Waals surface area contributed by atoms with Crippen LogP contribution < -0.4 is 14.9 Å². The molecular weight excluding hydrogens is 338 g/mol. The summed E-state index contributed by atoms with van der Waals surface area (Å²) in [6.07, 6.45) is 1.24. The second-order valence-corrected chi connectivity index (χ2v) is 5.14. The lowest BCUT2D eigenvalue weighted by Gasteiger charge is -2.02. The molecule has 0 fully saturated rings. The highest BCUT2D eigenvalue weighted by atomic mass is 35.5. The van der Waals surface area contributed by atoms with Gasteiger partial charge in [0.2, 0.25) is 6.79 Å². The van der Waals surface area contributed by atoms with Gasteiger partial charge in [0.05, 0.1) is 11.1 Å². The smallest absolute Gasteiger partial charge is 0.271 e. The predicted molar refractivity (Wildman–Crippen MR) is 85.7 cm³/mol. The lowest BCUT2D eigenvalue weighted by atomic mass is 10.2. The van der Waals surface area contributed by atoms with E-state index >= 15 is 0 Å². The summed E-state index contributed by atoms with van der Waals surface area (Å²) in [5, 5.41) is 14.8. The summed E-state index contributed by atoms with van der Waals surface area (Å²) >= 11 is 5.94. The van der Waals surface area contributed by atoms with Crippen LogP contribution in [0.15, 0.2) is 41.5 Å². The Bertz CT molecular complexity index is 853. The maximum atomic E-state index is 12.0. The topological polar surface area (TPSA) is 103 Å². The number of fused-ring (bicyclic) bond motifs is 1. The first-order valence-electron chi connectivity index (χ1n) is 6.71. The van der Waals surface area contributed by atoms with Gasteiger partial charge in [-0.05, 0) is 24.3 Å². The van der Waals surface area contributed by atoms with Gasteiger partial charge in [-0.2, -0.15) is 5.10 Å². The number of amides is 1. The Morgan fingerprint density at radius 3 is 2.83 bits per heavy atom. The number of carbonyl (C=O) groups excluding carboxylic acids is 1. The minimum absolute atomic E-state index is 0.115. The molecule has 3 rings (SSSR count). The lowest BCUT2D eigenvalue weighted by molar-refractivity contribution is -0.384. The van der Waals surface area contributed by atoms with E-state index in [0.29, 0.717) is 22.6 Å². The zero-order valence-corrected chi connectivity index (χ0v) is 12.8. The largest absolute Gasteiger partial charge is 0.454 e. The van der Waals surface area contributed by atoms with Crippen LogP contribution in [0.5, 0.6) is 11.5 Å². The number of nitro groups is 1. The normalized spacial score (nSPS) is 12.4. The van der Waals surface area contributed by atoms with Crippen LogP contribution in [-0.2, 0) is 0 Å². The van der Waals surface area contributed by atoms with Gasteiger partial charge in [-0.25, -0.2) is 5.43 Å². The quantitative estimate of drug-likeness (QED) is 0.520. The molecule has 2 aromatic carbocycles. The standard InChI is InChI=1S/C15H10ClN3O5/c16-12-3-2-11(19(21)22)5-10(12)7-17-18-15(20)9-1-4-13-14(6-9)24-8-23-13/h1-7H,8H2,(H,18,20)/b17-7+. The number of benzene rings is 2. The number of ether oxygens (including phenoxy) is 2. The summed E-state index contributed by atoms with van der Waals surface area (Å²) in [5.41, 5.74) is 2.85. The fourth-order valence-corrected chi connectivity index (χ4v) is 2.17. The number of nitrogens with zero attached hydrogens (tertiary/aromatic N) is 2. The van der Waals surface area contributed by atoms with Crippen molar-refractivity contribution in [2.75, 3.05) is 6.79 Å². The number of hydrogen-bond acceptors (Lipinski definition) is 6. The summed E-state index contributed by atoms with van der Waals surface area (Å²) < 4.78 is 10.4. The van der Waals surface area contributed by atoms with Crippen molar-refractivity contribution >= 4 is 29.4 Å². The second-order valence-electron chi connectivity index (χ2n) is 4.73. The minimum atomic E-state index is -0.543. The van der Waals surface area contributed by atoms with Gasteiger partial charge in [-0.3, -0.25) is 14.9 Å². The van der Waals surface area contributed by atoms with E-state index in [0.717, 1.165) is 0 Å². The molecule has 9 heteroatoms. The van der Waals surface area contributed by atoms with Crippen molar-refractivity contribution in [1.82, 2.24) is 5.43 Å². The van der Waals surface area contributed by atoms with Crippen molar-refractivity contribution < 1.29 is 19.2 Å². The van der Waals surface area contributed by atoms with Crippen LogP contribution in [0.25, 0.3) is 0 Å². The molecule has 0 atom stereocenters. The van der Waals surface area contributed by atoms with E-state index < -0.39 is 10.8 Å². The van der Waals surface area contributed by atoms with E-state index in [-0.39, 0.29) is 17.5 Å². The average molecular weight is 348 g/mol. The highest BCUT2D eigenvalue weighted by Gasteiger charge is 2.16. The van der Waals surface area contributed by atoms with Crippen LogP contribution in [0, 0.1) is 10.1 Å². The van der Waals surface area contributed by atoms with Crippen molar-refractivity contribution in [3.8, 4) is 11.5 Å². The van der Waals surface area contributed by atoms with E-state index in [1.807, 2.05) is 0 Å². The van der Waals surface area contributed by atoms with E-state index in [1.165, 1.54) is 30.5 Å². The third kappa shape index (κ3) is 3.28. The van der Waals surface area contributed by atoms with Crippen LogP contribution in [0.3, 0.4) is 0 Å². The van der Waals surface area contributed by atoms with E-state index in [2.05, 4.69) is 10.5 Å². The number of hydrazone groups is 1. The van der Waals surface area contributed by atoms with Gasteiger partial charge in [0.1, 0.15) is 0 Å². The molecule has 122 valence electrons. The maximum Gasteiger partial charge on any atom is 0.271 e. The molecule has 0 spiro atoms. The van der Waals surface area contributed by atoms with E-state index in [1.54, 1.807) is 12.1 Å². The van der Waals surface area contributed by atoms with Gasteiger partial charge in [-0.15, -0.1) is 0 Å². The summed E-state index contributed by atoms with van der Waals surface area (Å²) in [7, 11) is 0. The van der Waals surface area contributed by atoms with Gasteiger partial charge in [0, 0.05) is 28.3 Å². The molecule has 8 nitrogen and oxygen atoms in total. The van der Waals surface area contributed by atoms with Gasteiger partial charge < -0.3 is 9.47 Å². The van der Waals surface area contributed by atoms with Gasteiger partial charge >= 0.3 is 0 Å². The van der Waals surface area contributed by atoms with Crippen LogP contribution in [0.1, 0.15) is 15.9 Å². The fourth-order valence-electron chi connectivity index (χ4n) is 2.01. The van der Waals surface area contributed by atoms with Gasteiger partial charge in [0.25, 0.3) is 11.6 Å². The first kappa shape index (κ1) is 15.8. The Morgan fingerprint density at radius 1 is 1.25 bits per heavy atom. The molecule has 0 bridgehead atoms. The molecule has 1 aliphatic heterocycles. The third-order valence-electron chi connectivity index (χ3n) is 3.19. The highest BCUT2D eigenvalue weighted by Crippen LogP contribution is 2.32. The Balaban J connectivity index is 1.71. The third-order valence-corrected chi connectivity index (χ3v) is 3.54. The molecule has 1 aliphatic rings. The Kier molecular flexibility index (Phi) is 4.30. The second kappa shape index (κ2) is 6.55. The summed E-state index contributed by atoms with van der Waals surface area (Å²) in [4.78, 5) is 22.2. The molecule has 24 heavy (non-hydrogen) atoms. The van der Waals surface area contributed by atoms with Gasteiger partial charge in [-0.1, -0.05) is 11.6 Å². The fraction of sp³-hybridized carbons (Fsp3) is 0.0667. The summed E-state index contributed by atoms with van der Waals surface area (Å²) in [5.74, 6) is 0.581. The molecule has 2 aromatic rings. The maximum absolute atomic E-state index is 12.0. The van der Waals surface area contributed by atoms with Crippen molar-refractivity contribution in [2.24, 2.45) is 5.10 Å². The predicted octanol–water partition coefficient (Wildman–Crippen LogP) is 2.74. The molecule has 0 aliphatic carbocycles. The highest BCUT2D eigenvalue weighted by molar-refractivity contribution is 6.33. The number of carbonyl (C=O) groups is 1. The van der Waals surface area contributed by atoms with Crippen molar-refractivity contribution in [3.63, 3.8) is 0 Å². The average Bonchev–Trinajstić information content (AvgIpc) is 3.03. The first-order chi connectivity index (χ1) is 11.5. The molecule has 0 radical (unpaired) electrons. The molecule has 0 saturated carbocycles. The van der Waals surface area contributed by atoms with Crippen LogP contribution >= 0.6 is 11.6 Å². The summed E-state index contributed by atoms with van der Waals surface area (Å²) in [6.45, 7) is 0.115. The lowest BCUT2D eigenvalue weighted by Crippen LogP contribution is -2.17. The van der Waals surface area contributed by atoms with Crippen molar-refractivity contribution in [3.05, 3.63) is 62.7 Å². The number of nitrogens with one attached hydrogen (secondary N) is 1. The van der Waals surface area contributed by atoms with Crippen molar-refractivity contribution in [1.29, 1.82) is 0 Å². The van der Waals surface area contributed by atoms with Crippen LogP contribution in [0.2, 0.25) is 5.02 Å². The molecule has 1 heterocycles. The Hall–Kier alpha value is -3.13. The number of halogens is 1. The van der Waals surface area contributed by atoms with Crippen LogP contribution in [0.4, 0.5) is 5.69 Å². The van der Waals surface area contributed by atoms with Crippen LogP contribution in [-0.4, -0.2) is 23.8 Å². The van der Waals surface area contributed by atoms with E-state index in [4.69, 9.17) is 21.1 Å². The molecule has 1 N–H and O–H groups in total. The zero-order chi connectivity index (χ0) is 17.1. The first-order valence-corrected chi connectivity index (χ1v) is 7.09. The molecule has 1 amide bonds. The SMILES string of the molecule is O=C(N/N=C/c1cc([N+](=O)[O-])ccc1Cl)c1ccc2c(c1)OCO2. The number of rotatable bonds is 4. The number of non-ortho nitro benzene ring substituents is 1. The van der Waals surface area contributed by atoms with Gasteiger partial charge in [0.15, 0.2) is 11.5 Å². The molecular formula is C15H10ClN3O5. The number of nitro benzene ring substituents is 1. The molecule has 0 aromatic heterocycles. The Labute approximate surface area is 140 Å².